The zero-order valence-electron chi connectivity index (χ0n) is 26.2. The van der Waals surface area contributed by atoms with Crippen LogP contribution in [0.3, 0.4) is 0 Å². The highest BCUT2D eigenvalue weighted by molar-refractivity contribution is 7.18. The molecule has 45 heavy (non-hydrogen) atoms. The van der Waals surface area contributed by atoms with E-state index >= 15 is 0 Å². The van der Waals surface area contributed by atoms with E-state index in [0.29, 0.717) is 43.4 Å². The van der Waals surface area contributed by atoms with E-state index in [1.807, 2.05) is 23.2 Å². The molecule has 0 saturated heterocycles. The Labute approximate surface area is 266 Å². The van der Waals surface area contributed by atoms with Crippen LogP contribution in [0.1, 0.15) is 114 Å². The van der Waals surface area contributed by atoms with Crippen molar-refractivity contribution in [1.29, 1.82) is 0 Å². The van der Waals surface area contributed by atoms with Crippen molar-refractivity contribution in [3.8, 4) is 11.1 Å². The van der Waals surface area contributed by atoms with Crippen LogP contribution in [-0.2, 0) is 15.6 Å². The predicted octanol–water partition coefficient (Wildman–Crippen LogP) is 7.83. The number of carbonyl (C=O) groups is 1. The molecule has 11 rings (SSSR count). The van der Waals surface area contributed by atoms with Crippen molar-refractivity contribution in [2.24, 2.45) is 10.8 Å². The minimum atomic E-state index is -1.14. The van der Waals surface area contributed by atoms with Crippen LogP contribution in [0.15, 0.2) is 35.1 Å². The van der Waals surface area contributed by atoms with Gasteiger partial charge in [0.25, 0.3) is 0 Å². The first-order chi connectivity index (χ1) is 21.5. The molecule has 4 heterocycles. The molecular weight excluding hydrogens is 587 g/mol. The van der Waals surface area contributed by atoms with Gasteiger partial charge in [0.1, 0.15) is 11.5 Å². The van der Waals surface area contributed by atoms with Crippen LogP contribution in [0.4, 0.5) is 10.2 Å². The van der Waals surface area contributed by atoms with Crippen molar-refractivity contribution in [1.82, 2.24) is 25.1 Å². The third-order valence-corrected chi connectivity index (χ3v) is 12.8. The molecule has 7 aliphatic carbocycles. The van der Waals surface area contributed by atoms with E-state index in [-0.39, 0.29) is 22.2 Å². The summed E-state index contributed by atoms with van der Waals surface area (Å²) in [6, 6.07) is 6.18. The van der Waals surface area contributed by atoms with Crippen molar-refractivity contribution in [2.75, 3.05) is 11.4 Å². The van der Waals surface area contributed by atoms with Gasteiger partial charge >= 0.3 is 0 Å². The van der Waals surface area contributed by atoms with Crippen LogP contribution in [-0.4, -0.2) is 43.2 Å². The number of halogens is 1. The SMILES string of the molecule is CC(C)(C)c1nc(C23CCC(CN(C(=O)C45CC(F)(C4)C5)c4cc(-c5cnc6nc(C7CC7)sc6c5)ccn4)(CC2)CC3)no1. The normalized spacial score (nSPS) is 31.9. The Morgan fingerprint density at radius 3 is 2.40 bits per heavy atom. The van der Waals surface area contributed by atoms with E-state index in [2.05, 4.69) is 37.0 Å². The molecule has 4 aromatic heterocycles. The molecule has 0 aliphatic heterocycles. The number of hydrogen-bond acceptors (Lipinski definition) is 8. The molecule has 1 amide bonds. The summed E-state index contributed by atoms with van der Waals surface area (Å²) >= 11 is 1.74. The van der Waals surface area contributed by atoms with Crippen LogP contribution in [0, 0.1) is 10.8 Å². The van der Waals surface area contributed by atoms with Gasteiger partial charge in [-0.3, -0.25) is 9.69 Å². The third-order valence-electron chi connectivity index (χ3n) is 11.6. The fraction of sp³-hybridized carbons (Fsp3) is 0.600. The Bertz CT molecular complexity index is 1810. The summed E-state index contributed by atoms with van der Waals surface area (Å²) in [6.07, 6.45) is 13.0. The highest BCUT2D eigenvalue weighted by atomic mass is 32.1. The van der Waals surface area contributed by atoms with Gasteiger partial charge in [-0.2, -0.15) is 4.98 Å². The maximum atomic E-state index is 14.7. The van der Waals surface area contributed by atoms with E-state index in [9.17, 15) is 9.18 Å². The number of nitrogens with zero attached hydrogens (tertiary/aromatic N) is 6. The fourth-order valence-corrected chi connectivity index (χ4v) is 9.73. The number of pyridine rings is 2. The Morgan fingerprint density at radius 1 is 1.02 bits per heavy atom. The highest BCUT2D eigenvalue weighted by Gasteiger charge is 2.73. The summed E-state index contributed by atoms with van der Waals surface area (Å²) in [6.45, 7) is 6.90. The molecule has 0 spiro atoms. The maximum Gasteiger partial charge on any atom is 0.234 e. The van der Waals surface area contributed by atoms with E-state index in [0.717, 1.165) is 65.8 Å². The molecule has 8 nitrogen and oxygen atoms in total. The molecule has 234 valence electrons. The van der Waals surface area contributed by atoms with Crippen LogP contribution >= 0.6 is 11.3 Å². The molecule has 0 radical (unpaired) electrons. The monoisotopic (exact) mass is 626 g/mol. The number of fused-ring (bicyclic) bond motifs is 4. The van der Waals surface area contributed by atoms with Crippen molar-refractivity contribution < 1.29 is 13.7 Å². The lowest BCUT2D eigenvalue weighted by molar-refractivity contribution is -0.211. The lowest BCUT2D eigenvalue weighted by Gasteiger charge is -2.65. The van der Waals surface area contributed by atoms with Gasteiger partial charge in [-0.25, -0.2) is 19.3 Å². The van der Waals surface area contributed by atoms with Gasteiger partial charge in [0.05, 0.1) is 15.1 Å². The van der Waals surface area contributed by atoms with Crippen LogP contribution in [0.25, 0.3) is 21.5 Å². The minimum absolute atomic E-state index is 0.00899. The summed E-state index contributed by atoms with van der Waals surface area (Å²) in [5.41, 5.74) is 0.805. The number of aromatic nitrogens is 5. The molecule has 4 bridgehead atoms. The second kappa shape index (κ2) is 9.17. The molecule has 0 N–H and O–H groups in total. The molecular formula is C35H39FN6O2S. The number of alkyl halides is 1. The van der Waals surface area contributed by atoms with Crippen molar-refractivity contribution in [3.05, 3.63) is 47.3 Å². The Balaban J connectivity index is 1.01. The Kier molecular flexibility index (Phi) is 5.70. The van der Waals surface area contributed by atoms with Gasteiger partial charge in [-0.1, -0.05) is 25.9 Å². The van der Waals surface area contributed by atoms with Crippen LogP contribution in [0.2, 0.25) is 0 Å². The highest BCUT2D eigenvalue weighted by Crippen LogP contribution is 2.70. The Hall–Kier alpha value is -3.27. The van der Waals surface area contributed by atoms with E-state index < -0.39 is 11.1 Å². The van der Waals surface area contributed by atoms with Crippen molar-refractivity contribution >= 4 is 33.4 Å². The summed E-state index contributed by atoms with van der Waals surface area (Å²) in [5.74, 6) is 2.83. The van der Waals surface area contributed by atoms with Gasteiger partial charge < -0.3 is 4.52 Å². The lowest BCUT2D eigenvalue weighted by atomic mass is 9.41. The van der Waals surface area contributed by atoms with Crippen LogP contribution in [0.5, 0.6) is 0 Å². The molecule has 7 fully saturated rings. The van der Waals surface area contributed by atoms with Crippen molar-refractivity contribution in [2.45, 2.75) is 114 Å². The predicted molar refractivity (Wildman–Crippen MR) is 170 cm³/mol. The second-order valence-corrected chi connectivity index (χ2v) is 17.1. The quantitative estimate of drug-likeness (QED) is 0.206. The first kappa shape index (κ1) is 28.0. The largest absolute Gasteiger partial charge is 0.339 e. The molecule has 0 atom stereocenters. The molecule has 7 aliphatic rings. The topological polar surface area (TPSA) is 97.9 Å². The molecule has 4 aromatic rings. The van der Waals surface area contributed by atoms with E-state index in [1.165, 1.54) is 17.8 Å². The smallest absolute Gasteiger partial charge is 0.234 e. The third kappa shape index (κ3) is 4.41. The maximum absolute atomic E-state index is 14.7. The number of amides is 1. The first-order valence-corrected chi connectivity index (χ1v) is 17.4. The number of rotatable bonds is 7. The summed E-state index contributed by atoms with van der Waals surface area (Å²) < 4.78 is 21.5. The number of thiazole rings is 1. The van der Waals surface area contributed by atoms with E-state index in [4.69, 9.17) is 19.5 Å². The van der Waals surface area contributed by atoms with Crippen LogP contribution < -0.4 is 4.90 Å². The Morgan fingerprint density at radius 2 is 1.76 bits per heavy atom. The zero-order valence-corrected chi connectivity index (χ0v) is 27.1. The van der Waals surface area contributed by atoms with E-state index in [1.54, 1.807) is 17.5 Å². The summed E-state index contributed by atoms with van der Waals surface area (Å²) in [4.78, 5) is 35.3. The second-order valence-electron chi connectivity index (χ2n) is 16.1. The molecule has 0 unspecified atom stereocenters. The van der Waals surface area contributed by atoms with Crippen molar-refractivity contribution in [3.63, 3.8) is 0 Å². The number of hydrogen-bond donors (Lipinski definition) is 0. The van der Waals surface area contributed by atoms with Gasteiger partial charge in [-0.15, -0.1) is 11.3 Å². The average molecular weight is 627 g/mol. The van der Waals surface area contributed by atoms with Gasteiger partial charge in [0.2, 0.25) is 11.8 Å². The zero-order chi connectivity index (χ0) is 30.8. The fourth-order valence-electron chi connectivity index (χ4n) is 8.59. The minimum Gasteiger partial charge on any atom is -0.339 e. The van der Waals surface area contributed by atoms with Gasteiger partial charge in [-0.05, 0) is 99.8 Å². The number of carbonyl (C=O) groups excluding carboxylic acids is 1. The van der Waals surface area contributed by atoms with Gasteiger partial charge in [0, 0.05) is 41.2 Å². The number of anilines is 1. The first-order valence-electron chi connectivity index (χ1n) is 16.5. The van der Waals surface area contributed by atoms with Gasteiger partial charge in [0.15, 0.2) is 11.5 Å². The lowest BCUT2D eigenvalue weighted by Crippen LogP contribution is -2.71. The molecule has 0 aromatic carbocycles. The average Bonchev–Trinajstić information content (AvgIpc) is 3.55. The molecule has 10 heteroatoms. The molecule has 7 saturated carbocycles. The summed E-state index contributed by atoms with van der Waals surface area (Å²) in [5, 5.41) is 5.65. The standard InChI is InChI=1S/C35H39FN6O2S/c1-31(2,3)29-40-28(41-44-29)33-10-7-32(8-11-33,9-12-33)20-42(30(43)34-17-35(36,18-34)19-34)25-15-22(6-13-37-25)23-14-24-26(38-16-23)39-27(45-24)21-4-5-21/h6,13-16,21H,4-5,7-12,17-20H2,1-3H3. The summed E-state index contributed by atoms with van der Waals surface area (Å²) in [7, 11) is 0.